The Hall–Kier alpha value is -4.66. The first-order valence-electron chi connectivity index (χ1n) is 10.1. The van der Waals surface area contributed by atoms with E-state index in [9.17, 15) is 24.3 Å². The first-order valence-corrected chi connectivity index (χ1v) is 10.1. The lowest BCUT2D eigenvalue weighted by molar-refractivity contribution is -0.132. The van der Waals surface area contributed by atoms with Gasteiger partial charge in [0.25, 0.3) is 0 Å². The lowest BCUT2D eigenvalue weighted by Gasteiger charge is -2.36. The van der Waals surface area contributed by atoms with Gasteiger partial charge in [-0.3, -0.25) is 9.59 Å². The van der Waals surface area contributed by atoms with Gasteiger partial charge in [-0.1, -0.05) is 12.1 Å². The van der Waals surface area contributed by atoms with Crippen LogP contribution in [0.1, 0.15) is 51.3 Å². The first-order chi connectivity index (χ1) is 16.2. The predicted octanol–water partition coefficient (Wildman–Crippen LogP) is 3.80. The first kappa shape index (κ1) is 21.2. The zero-order chi connectivity index (χ0) is 24.2. The average Bonchev–Trinajstić information content (AvgIpc) is 3.06. The fourth-order valence-electron chi connectivity index (χ4n) is 4.37. The van der Waals surface area contributed by atoms with E-state index in [-0.39, 0.29) is 34.1 Å². The summed E-state index contributed by atoms with van der Waals surface area (Å²) in [6, 6.07) is 13.6. The minimum atomic E-state index is -1.54. The molecule has 0 atom stereocenters. The van der Waals surface area contributed by atoms with E-state index >= 15 is 0 Å². The van der Waals surface area contributed by atoms with Crippen LogP contribution < -0.4 is 14.2 Å². The van der Waals surface area contributed by atoms with Crippen molar-refractivity contribution in [2.24, 2.45) is 0 Å². The van der Waals surface area contributed by atoms with E-state index in [1.807, 2.05) is 0 Å². The van der Waals surface area contributed by atoms with Crippen LogP contribution in [0.3, 0.4) is 0 Å². The van der Waals surface area contributed by atoms with E-state index < -0.39 is 29.5 Å². The zero-order valence-corrected chi connectivity index (χ0v) is 17.9. The van der Waals surface area contributed by atoms with Gasteiger partial charge in [-0.25, -0.2) is 9.59 Å². The maximum absolute atomic E-state index is 13.0. The molecule has 9 nitrogen and oxygen atoms in total. The molecule has 0 bridgehead atoms. The highest BCUT2D eigenvalue weighted by Gasteiger charge is 2.54. The van der Waals surface area contributed by atoms with Crippen molar-refractivity contribution >= 4 is 23.9 Å². The van der Waals surface area contributed by atoms with E-state index in [0.29, 0.717) is 16.7 Å². The SMILES string of the molecule is CC(=O)Oc1ccc2c(c1)Oc1cc(OC(C)=O)ccc1C21OC(=O)c2c(C(=O)O)cccc21. The molecule has 0 fully saturated rings. The number of carbonyl (C=O) groups is 4. The lowest BCUT2D eigenvalue weighted by Crippen LogP contribution is -2.33. The summed E-state index contributed by atoms with van der Waals surface area (Å²) in [4.78, 5) is 47.8. The molecule has 0 amide bonds. The second-order valence-corrected chi connectivity index (χ2v) is 7.71. The fraction of sp³-hybridized carbons (Fsp3) is 0.120. The van der Waals surface area contributed by atoms with Crippen LogP contribution in [0.2, 0.25) is 0 Å². The second-order valence-electron chi connectivity index (χ2n) is 7.71. The molecule has 1 spiro atoms. The number of benzene rings is 3. The molecule has 0 aliphatic carbocycles. The Morgan fingerprint density at radius 1 is 0.824 bits per heavy atom. The van der Waals surface area contributed by atoms with Crippen molar-refractivity contribution in [3.63, 3.8) is 0 Å². The Labute approximate surface area is 192 Å². The van der Waals surface area contributed by atoms with Crippen molar-refractivity contribution in [2.75, 3.05) is 0 Å². The molecule has 1 N–H and O–H groups in total. The number of ether oxygens (including phenoxy) is 4. The van der Waals surface area contributed by atoms with E-state index in [2.05, 4.69) is 0 Å². The van der Waals surface area contributed by atoms with E-state index in [1.54, 1.807) is 18.2 Å². The molecule has 9 heteroatoms. The highest BCUT2D eigenvalue weighted by molar-refractivity contribution is 6.06. The standard InChI is InChI=1S/C25H16O9/c1-12(26)31-14-6-8-17-20(10-14)33-21-11-15(32-13(2)27)7-9-18(21)25(17)19-5-3-4-16(23(28)29)22(19)24(30)34-25/h3-11H,1-2H3,(H,28,29). The smallest absolute Gasteiger partial charge is 0.341 e. The zero-order valence-electron chi connectivity index (χ0n) is 17.9. The molecule has 0 saturated heterocycles. The molecular formula is C25H16O9. The van der Waals surface area contributed by atoms with Crippen LogP contribution in [0, 0.1) is 0 Å². The Morgan fingerprint density at radius 2 is 1.38 bits per heavy atom. The largest absolute Gasteiger partial charge is 0.478 e. The second kappa shape index (κ2) is 7.45. The van der Waals surface area contributed by atoms with Crippen LogP contribution in [-0.2, 0) is 19.9 Å². The van der Waals surface area contributed by atoms with Gasteiger partial charge in [-0.15, -0.1) is 0 Å². The van der Waals surface area contributed by atoms with Gasteiger partial charge < -0.3 is 24.1 Å². The molecule has 2 aliphatic heterocycles. The third-order valence-electron chi connectivity index (χ3n) is 5.53. The molecule has 3 aromatic rings. The molecule has 2 heterocycles. The van der Waals surface area contributed by atoms with E-state index in [4.69, 9.17) is 18.9 Å². The normalized spacial score (nSPS) is 14.2. The Kier molecular flexibility index (Phi) is 4.64. The maximum Gasteiger partial charge on any atom is 0.341 e. The number of esters is 3. The number of carboxylic acids is 1. The summed E-state index contributed by atoms with van der Waals surface area (Å²) in [7, 11) is 0. The van der Waals surface area contributed by atoms with Gasteiger partial charge in [0.15, 0.2) is 5.60 Å². The summed E-state index contributed by atoms with van der Waals surface area (Å²) in [6.45, 7) is 2.51. The molecule has 0 unspecified atom stereocenters. The Balaban J connectivity index is 1.80. The van der Waals surface area contributed by atoms with Crippen LogP contribution in [0.4, 0.5) is 0 Å². The van der Waals surface area contributed by atoms with Crippen molar-refractivity contribution in [2.45, 2.75) is 19.4 Å². The summed E-state index contributed by atoms with van der Waals surface area (Å²) < 4.78 is 22.3. The average molecular weight is 460 g/mol. The van der Waals surface area contributed by atoms with Gasteiger partial charge in [0, 0.05) is 42.7 Å². The monoisotopic (exact) mass is 460 g/mol. The minimum absolute atomic E-state index is 0.0677. The van der Waals surface area contributed by atoms with Crippen molar-refractivity contribution in [3.05, 3.63) is 82.4 Å². The number of carbonyl (C=O) groups excluding carboxylic acids is 3. The van der Waals surface area contributed by atoms with Gasteiger partial charge in [0.2, 0.25) is 0 Å². The minimum Gasteiger partial charge on any atom is -0.478 e. The van der Waals surface area contributed by atoms with E-state index in [0.717, 1.165) is 0 Å². The van der Waals surface area contributed by atoms with Crippen LogP contribution in [0.15, 0.2) is 54.6 Å². The Morgan fingerprint density at radius 3 is 1.88 bits per heavy atom. The number of hydrogen-bond acceptors (Lipinski definition) is 8. The van der Waals surface area contributed by atoms with Crippen molar-refractivity contribution in [3.8, 4) is 23.0 Å². The molecule has 0 aromatic heterocycles. The van der Waals surface area contributed by atoms with Gasteiger partial charge in [0.05, 0.1) is 11.1 Å². The lowest BCUT2D eigenvalue weighted by atomic mass is 9.77. The molecule has 3 aromatic carbocycles. The highest BCUT2D eigenvalue weighted by atomic mass is 16.6. The molecule has 34 heavy (non-hydrogen) atoms. The number of fused-ring (bicyclic) bond motifs is 6. The summed E-state index contributed by atoms with van der Waals surface area (Å²) in [5.74, 6) is -2.32. The van der Waals surface area contributed by atoms with Gasteiger partial charge in [-0.05, 0) is 30.3 Å². The summed E-state index contributed by atoms with van der Waals surface area (Å²) in [6.07, 6.45) is 0. The molecular weight excluding hydrogens is 444 g/mol. The third-order valence-corrected chi connectivity index (χ3v) is 5.53. The molecule has 0 saturated carbocycles. The number of hydrogen-bond donors (Lipinski definition) is 1. The van der Waals surface area contributed by atoms with Crippen molar-refractivity contribution < 1.29 is 43.2 Å². The van der Waals surface area contributed by atoms with Crippen LogP contribution >= 0.6 is 0 Å². The summed E-state index contributed by atoms with van der Waals surface area (Å²) in [5, 5.41) is 9.66. The molecule has 170 valence electrons. The van der Waals surface area contributed by atoms with Gasteiger partial charge >= 0.3 is 23.9 Å². The van der Waals surface area contributed by atoms with Gasteiger partial charge in [-0.2, -0.15) is 0 Å². The fourth-order valence-corrected chi connectivity index (χ4v) is 4.37. The van der Waals surface area contributed by atoms with Crippen LogP contribution in [-0.4, -0.2) is 29.0 Å². The number of carboxylic acid groups (broad SMARTS) is 1. The number of rotatable bonds is 3. The summed E-state index contributed by atoms with van der Waals surface area (Å²) >= 11 is 0. The molecule has 2 aliphatic rings. The van der Waals surface area contributed by atoms with Gasteiger partial charge in [0.1, 0.15) is 23.0 Å². The maximum atomic E-state index is 13.0. The van der Waals surface area contributed by atoms with E-state index in [1.165, 1.54) is 50.2 Å². The molecule has 5 rings (SSSR count). The van der Waals surface area contributed by atoms with Crippen molar-refractivity contribution in [1.82, 2.24) is 0 Å². The topological polar surface area (TPSA) is 125 Å². The Bertz CT molecular complexity index is 1350. The quantitative estimate of drug-likeness (QED) is 0.459. The predicted molar refractivity (Wildman–Crippen MR) is 114 cm³/mol. The highest BCUT2D eigenvalue weighted by Crippen LogP contribution is 2.57. The third kappa shape index (κ3) is 3.09. The molecule has 0 radical (unpaired) electrons. The van der Waals surface area contributed by atoms with Crippen LogP contribution in [0.5, 0.6) is 23.0 Å². The summed E-state index contributed by atoms with van der Waals surface area (Å²) in [5.41, 5.74) is -0.659. The van der Waals surface area contributed by atoms with Crippen molar-refractivity contribution in [1.29, 1.82) is 0 Å². The van der Waals surface area contributed by atoms with Crippen LogP contribution in [0.25, 0.3) is 0 Å². The number of aromatic carboxylic acids is 1.